The number of fused-ring (bicyclic) bond motifs is 10. The van der Waals surface area contributed by atoms with E-state index in [9.17, 15) is 0 Å². The standard InChI is InChI=1S/C36H20N2OS/c1-2-9-22(10-3-1)33-27-17-19-31-32(26-16-14-21-8-4-5-11-24(21)35(26)40-31)34(27)38-36(37-33)23-15-18-30-28(20-23)25-12-6-7-13-29(25)39-30/h1-20H. The van der Waals surface area contributed by atoms with Crippen LogP contribution < -0.4 is 0 Å². The first-order valence-electron chi connectivity index (χ1n) is 13.3. The van der Waals surface area contributed by atoms with Crippen LogP contribution in [0, 0.1) is 0 Å². The average Bonchev–Trinajstić information content (AvgIpc) is 3.59. The van der Waals surface area contributed by atoms with Gasteiger partial charge in [0.05, 0.1) is 11.2 Å². The van der Waals surface area contributed by atoms with Crippen molar-refractivity contribution in [3.63, 3.8) is 0 Å². The third kappa shape index (κ3) is 3.11. The normalized spacial score (nSPS) is 12.0. The summed E-state index contributed by atoms with van der Waals surface area (Å²) in [6.07, 6.45) is 0. The maximum absolute atomic E-state index is 6.10. The Morgan fingerprint density at radius 3 is 2.23 bits per heavy atom. The van der Waals surface area contributed by atoms with Crippen molar-refractivity contribution in [1.82, 2.24) is 9.97 Å². The molecule has 3 heterocycles. The molecule has 0 aliphatic heterocycles. The lowest BCUT2D eigenvalue weighted by Gasteiger charge is -2.11. The molecule has 0 amide bonds. The Bertz CT molecular complexity index is 2440. The molecule has 0 saturated carbocycles. The van der Waals surface area contributed by atoms with Crippen LogP contribution >= 0.6 is 11.3 Å². The average molecular weight is 529 g/mol. The minimum atomic E-state index is 0.714. The highest BCUT2D eigenvalue weighted by molar-refractivity contribution is 7.26. The lowest BCUT2D eigenvalue weighted by molar-refractivity contribution is 0.669. The van der Waals surface area contributed by atoms with Gasteiger partial charge in [0.1, 0.15) is 11.2 Å². The molecule has 0 N–H and O–H groups in total. The van der Waals surface area contributed by atoms with Gasteiger partial charge in [-0.25, -0.2) is 9.97 Å². The van der Waals surface area contributed by atoms with Crippen LogP contribution in [0.5, 0.6) is 0 Å². The van der Waals surface area contributed by atoms with Gasteiger partial charge in [0, 0.05) is 47.5 Å². The minimum absolute atomic E-state index is 0.714. The molecule has 3 nitrogen and oxygen atoms in total. The Kier molecular flexibility index (Phi) is 4.48. The van der Waals surface area contributed by atoms with Crippen LogP contribution in [-0.4, -0.2) is 9.97 Å². The van der Waals surface area contributed by atoms with Gasteiger partial charge in [0.15, 0.2) is 5.82 Å². The monoisotopic (exact) mass is 528 g/mol. The van der Waals surface area contributed by atoms with Gasteiger partial charge in [0.2, 0.25) is 0 Å². The minimum Gasteiger partial charge on any atom is -0.456 e. The van der Waals surface area contributed by atoms with Crippen LogP contribution in [0.15, 0.2) is 126 Å². The number of nitrogens with zero attached hydrogens (tertiary/aromatic N) is 2. The van der Waals surface area contributed by atoms with E-state index in [0.717, 1.165) is 49.7 Å². The number of hydrogen-bond acceptors (Lipinski definition) is 4. The number of rotatable bonds is 2. The maximum atomic E-state index is 6.10. The summed E-state index contributed by atoms with van der Waals surface area (Å²) in [6, 6.07) is 42.4. The molecular formula is C36H20N2OS. The van der Waals surface area contributed by atoms with E-state index < -0.39 is 0 Å². The molecule has 0 spiro atoms. The lowest BCUT2D eigenvalue weighted by atomic mass is 10.0. The smallest absolute Gasteiger partial charge is 0.160 e. The van der Waals surface area contributed by atoms with Gasteiger partial charge in [-0.05, 0) is 47.2 Å². The Morgan fingerprint density at radius 1 is 0.525 bits per heavy atom. The van der Waals surface area contributed by atoms with Crippen molar-refractivity contribution in [2.45, 2.75) is 0 Å². The molecule has 40 heavy (non-hydrogen) atoms. The second-order valence-corrected chi connectivity index (χ2v) is 11.2. The first-order chi connectivity index (χ1) is 19.8. The molecule has 0 radical (unpaired) electrons. The van der Waals surface area contributed by atoms with E-state index >= 15 is 0 Å². The van der Waals surface area contributed by atoms with E-state index in [-0.39, 0.29) is 0 Å². The molecule has 0 atom stereocenters. The molecule has 4 heteroatoms. The van der Waals surface area contributed by atoms with Crippen molar-refractivity contribution in [1.29, 1.82) is 0 Å². The zero-order valence-electron chi connectivity index (χ0n) is 21.3. The van der Waals surface area contributed by atoms with Crippen LogP contribution in [-0.2, 0) is 0 Å². The Balaban J connectivity index is 1.40. The zero-order chi connectivity index (χ0) is 26.2. The van der Waals surface area contributed by atoms with Gasteiger partial charge in [-0.3, -0.25) is 0 Å². The van der Waals surface area contributed by atoms with Crippen LogP contribution in [0.2, 0.25) is 0 Å². The highest BCUT2D eigenvalue weighted by Gasteiger charge is 2.18. The second kappa shape index (κ2) is 8.22. The first kappa shape index (κ1) is 21.8. The van der Waals surface area contributed by atoms with Gasteiger partial charge in [-0.1, -0.05) is 84.9 Å². The third-order valence-corrected chi connectivity index (χ3v) is 9.08. The molecule has 0 aliphatic rings. The van der Waals surface area contributed by atoms with Crippen molar-refractivity contribution in [3.8, 4) is 22.6 Å². The Labute approximate surface area is 233 Å². The summed E-state index contributed by atoms with van der Waals surface area (Å²) < 4.78 is 8.63. The SMILES string of the molecule is c1ccc(-c2nc(-c3ccc4oc5ccccc5c4c3)nc3c2ccc2sc4c5ccccc5ccc4c23)cc1. The maximum Gasteiger partial charge on any atom is 0.160 e. The van der Waals surface area contributed by atoms with E-state index in [0.29, 0.717) is 5.82 Å². The predicted octanol–water partition coefficient (Wildman–Crippen LogP) is 10.4. The fourth-order valence-electron chi connectivity index (χ4n) is 5.99. The first-order valence-corrected chi connectivity index (χ1v) is 14.2. The molecule has 186 valence electrons. The molecule has 0 bridgehead atoms. The third-order valence-electron chi connectivity index (χ3n) is 7.87. The van der Waals surface area contributed by atoms with E-state index in [4.69, 9.17) is 14.4 Å². The summed E-state index contributed by atoms with van der Waals surface area (Å²) in [6.45, 7) is 0. The van der Waals surface area contributed by atoms with Crippen LogP contribution in [0.1, 0.15) is 0 Å². The molecule has 9 aromatic rings. The highest BCUT2D eigenvalue weighted by atomic mass is 32.1. The van der Waals surface area contributed by atoms with Gasteiger partial charge in [-0.2, -0.15) is 0 Å². The number of aromatic nitrogens is 2. The summed E-state index contributed by atoms with van der Waals surface area (Å²) in [5.41, 5.74) is 5.74. The van der Waals surface area contributed by atoms with Crippen LogP contribution in [0.25, 0.3) is 86.4 Å². The van der Waals surface area contributed by atoms with E-state index in [1.54, 1.807) is 0 Å². The number of thiophene rings is 1. The molecule has 0 aliphatic carbocycles. The van der Waals surface area contributed by atoms with E-state index in [1.165, 1.54) is 30.9 Å². The molecule has 3 aromatic heterocycles. The second-order valence-electron chi connectivity index (χ2n) is 10.2. The predicted molar refractivity (Wildman–Crippen MR) is 168 cm³/mol. The Morgan fingerprint density at radius 2 is 1.30 bits per heavy atom. The quantitative estimate of drug-likeness (QED) is 0.224. The van der Waals surface area contributed by atoms with Gasteiger partial charge < -0.3 is 4.42 Å². The molecular weight excluding hydrogens is 508 g/mol. The summed E-state index contributed by atoms with van der Waals surface area (Å²) >= 11 is 1.84. The molecule has 0 saturated heterocycles. The molecule has 0 unspecified atom stereocenters. The molecule has 9 rings (SSSR count). The van der Waals surface area contributed by atoms with Crippen molar-refractivity contribution in [3.05, 3.63) is 121 Å². The van der Waals surface area contributed by atoms with Crippen molar-refractivity contribution in [2.75, 3.05) is 0 Å². The summed E-state index contributed by atoms with van der Waals surface area (Å²) in [5, 5.41) is 8.20. The van der Waals surface area contributed by atoms with Gasteiger partial charge in [-0.15, -0.1) is 11.3 Å². The van der Waals surface area contributed by atoms with E-state index in [1.807, 2.05) is 41.7 Å². The number of para-hydroxylation sites is 1. The number of benzene rings is 6. The molecule has 6 aromatic carbocycles. The van der Waals surface area contributed by atoms with Crippen molar-refractivity contribution < 1.29 is 4.42 Å². The Hall–Kier alpha value is -5.06. The fourth-order valence-corrected chi connectivity index (χ4v) is 7.23. The highest BCUT2D eigenvalue weighted by Crippen LogP contribution is 2.43. The summed E-state index contributed by atoms with van der Waals surface area (Å²) in [4.78, 5) is 10.5. The summed E-state index contributed by atoms with van der Waals surface area (Å²) in [7, 11) is 0. The van der Waals surface area contributed by atoms with Crippen LogP contribution in [0.3, 0.4) is 0 Å². The topological polar surface area (TPSA) is 38.9 Å². The fraction of sp³-hybridized carbons (Fsp3) is 0. The largest absolute Gasteiger partial charge is 0.456 e. The van der Waals surface area contributed by atoms with Gasteiger partial charge in [0.25, 0.3) is 0 Å². The number of hydrogen-bond donors (Lipinski definition) is 0. The molecule has 0 fully saturated rings. The van der Waals surface area contributed by atoms with Crippen LogP contribution in [0.4, 0.5) is 0 Å². The summed E-state index contributed by atoms with van der Waals surface area (Å²) in [5.74, 6) is 0.714. The van der Waals surface area contributed by atoms with E-state index in [2.05, 4.69) is 91.0 Å². The van der Waals surface area contributed by atoms with Crippen molar-refractivity contribution in [2.24, 2.45) is 0 Å². The lowest BCUT2D eigenvalue weighted by Crippen LogP contribution is -1.95. The number of furan rings is 1. The van der Waals surface area contributed by atoms with Gasteiger partial charge >= 0.3 is 0 Å². The van der Waals surface area contributed by atoms with Crippen molar-refractivity contribution >= 4 is 75.1 Å². The zero-order valence-corrected chi connectivity index (χ0v) is 22.1.